The van der Waals surface area contributed by atoms with Crippen LogP contribution in [0.1, 0.15) is 30.6 Å². The molecule has 0 saturated carbocycles. The van der Waals surface area contributed by atoms with Gasteiger partial charge in [-0.2, -0.15) is 0 Å². The maximum absolute atomic E-state index is 6.14. The number of hydrogen-bond acceptors (Lipinski definition) is 1. The molecular weight excluding hydrogens is 184 g/mol. The first-order valence-electron chi connectivity index (χ1n) is 4.71. The summed E-state index contributed by atoms with van der Waals surface area (Å²) in [6, 6.07) is 6.10. The van der Waals surface area contributed by atoms with Crippen LogP contribution in [-0.2, 0) is 11.2 Å². The summed E-state index contributed by atoms with van der Waals surface area (Å²) >= 11 is 6.14. The lowest BCUT2D eigenvalue weighted by atomic mass is 9.96. The first kappa shape index (κ1) is 9.04. The van der Waals surface area contributed by atoms with E-state index in [4.69, 9.17) is 16.3 Å². The van der Waals surface area contributed by atoms with Crippen LogP contribution in [0.4, 0.5) is 0 Å². The van der Waals surface area contributed by atoms with Gasteiger partial charge in [-0.15, -0.1) is 0 Å². The van der Waals surface area contributed by atoms with E-state index in [2.05, 4.69) is 13.0 Å². The molecule has 0 amide bonds. The van der Waals surface area contributed by atoms with Crippen molar-refractivity contribution in [2.45, 2.75) is 25.9 Å². The standard InChI is InChI=1S/C11H13ClO/c1-2-10-11-8(6-7-13-10)4-3-5-9(11)12/h3-5,10H,2,6-7H2,1H3/t10-/m1/s1. The molecule has 1 aliphatic rings. The molecule has 13 heavy (non-hydrogen) atoms. The Morgan fingerprint density at radius 1 is 1.54 bits per heavy atom. The number of halogens is 1. The van der Waals surface area contributed by atoms with E-state index < -0.39 is 0 Å². The van der Waals surface area contributed by atoms with E-state index in [9.17, 15) is 0 Å². The Morgan fingerprint density at radius 2 is 2.38 bits per heavy atom. The summed E-state index contributed by atoms with van der Waals surface area (Å²) in [4.78, 5) is 0. The van der Waals surface area contributed by atoms with Crippen molar-refractivity contribution in [2.75, 3.05) is 6.61 Å². The molecule has 2 heteroatoms. The van der Waals surface area contributed by atoms with Gasteiger partial charge in [0.1, 0.15) is 0 Å². The van der Waals surface area contributed by atoms with Crippen molar-refractivity contribution >= 4 is 11.6 Å². The van der Waals surface area contributed by atoms with Gasteiger partial charge < -0.3 is 4.74 Å². The Hall–Kier alpha value is -0.530. The molecule has 2 rings (SSSR count). The fourth-order valence-electron chi connectivity index (χ4n) is 1.88. The molecule has 0 radical (unpaired) electrons. The number of ether oxygens (including phenoxy) is 1. The lowest BCUT2D eigenvalue weighted by Crippen LogP contribution is -2.16. The Bertz CT molecular complexity index is 309. The van der Waals surface area contributed by atoms with E-state index in [1.165, 1.54) is 11.1 Å². The van der Waals surface area contributed by atoms with Crippen LogP contribution in [0.3, 0.4) is 0 Å². The molecule has 1 nitrogen and oxygen atoms in total. The van der Waals surface area contributed by atoms with Crippen LogP contribution < -0.4 is 0 Å². The van der Waals surface area contributed by atoms with Crippen molar-refractivity contribution in [1.29, 1.82) is 0 Å². The van der Waals surface area contributed by atoms with Crippen molar-refractivity contribution in [3.8, 4) is 0 Å². The maximum Gasteiger partial charge on any atom is 0.0839 e. The summed E-state index contributed by atoms with van der Waals surface area (Å²) < 4.78 is 5.65. The predicted molar refractivity (Wildman–Crippen MR) is 54.1 cm³/mol. The van der Waals surface area contributed by atoms with Crippen LogP contribution in [0.5, 0.6) is 0 Å². The van der Waals surface area contributed by atoms with Gasteiger partial charge in [0.05, 0.1) is 12.7 Å². The van der Waals surface area contributed by atoms with Crippen molar-refractivity contribution in [1.82, 2.24) is 0 Å². The molecule has 0 bridgehead atoms. The zero-order chi connectivity index (χ0) is 9.26. The topological polar surface area (TPSA) is 9.23 Å². The summed E-state index contributed by atoms with van der Waals surface area (Å²) in [5.41, 5.74) is 2.56. The third kappa shape index (κ3) is 1.59. The van der Waals surface area contributed by atoms with Crippen molar-refractivity contribution in [3.63, 3.8) is 0 Å². The van der Waals surface area contributed by atoms with E-state index in [-0.39, 0.29) is 6.10 Å². The molecule has 1 atom stereocenters. The highest BCUT2D eigenvalue weighted by Crippen LogP contribution is 2.34. The first-order valence-corrected chi connectivity index (χ1v) is 5.09. The lowest BCUT2D eigenvalue weighted by molar-refractivity contribution is 0.0400. The van der Waals surface area contributed by atoms with Crippen LogP contribution in [0.2, 0.25) is 5.02 Å². The normalized spacial score (nSPS) is 21.2. The molecule has 1 aromatic carbocycles. The van der Waals surface area contributed by atoms with Crippen molar-refractivity contribution in [2.24, 2.45) is 0 Å². The first-order chi connectivity index (χ1) is 6.33. The highest BCUT2D eigenvalue weighted by Gasteiger charge is 2.21. The van der Waals surface area contributed by atoms with Gasteiger partial charge in [-0.25, -0.2) is 0 Å². The quantitative estimate of drug-likeness (QED) is 0.669. The average molecular weight is 197 g/mol. The molecule has 1 aromatic rings. The van der Waals surface area contributed by atoms with Gasteiger partial charge in [0, 0.05) is 10.6 Å². The highest BCUT2D eigenvalue weighted by molar-refractivity contribution is 6.31. The van der Waals surface area contributed by atoms with Gasteiger partial charge in [-0.05, 0) is 24.5 Å². The molecule has 1 heterocycles. The summed E-state index contributed by atoms with van der Waals surface area (Å²) in [6.45, 7) is 2.95. The van der Waals surface area contributed by atoms with Gasteiger partial charge in [-0.3, -0.25) is 0 Å². The third-order valence-corrected chi connectivity index (χ3v) is 2.86. The van der Waals surface area contributed by atoms with Crippen LogP contribution in [-0.4, -0.2) is 6.61 Å². The van der Waals surface area contributed by atoms with Gasteiger partial charge in [0.2, 0.25) is 0 Å². The summed E-state index contributed by atoms with van der Waals surface area (Å²) in [6.07, 6.45) is 2.20. The summed E-state index contributed by atoms with van der Waals surface area (Å²) in [7, 11) is 0. The summed E-state index contributed by atoms with van der Waals surface area (Å²) in [5, 5.41) is 0.851. The number of fused-ring (bicyclic) bond motifs is 1. The maximum atomic E-state index is 6.14. The van der Waals surface area contributed by atoms with E-state index in [1.54, 1.807) is 0 Å². The van der Waals surface area contributed by atoms with Gasteiger partial charge in [0.15, 0.2) is 0 Å². The highest BCUT2D eigenvalue weighted by atomic mass is 35.5. The molecule has 0 aromatic heterocycles. The van der Waals surface area contributed by atoms with E-state index in [0.29, 0.717) is 0 Å². The minimum atomic E-state index is 0.206. The monoisotopic (exact) mass is 196 g/mol. The second kappa shape index (κ2) is 3.69. The molecule has 0 unspecified atom stereocenters. The predicted octanol–water partition coefficient (Wildman–Crippen LogP) is 3.36. The Kier molecular flexibility index (Phi) is 2.56. The zero-order valence-corrected chi connectivity index (χ0v) is 8.47. The van der Waals surface area contributed by atoms with Gasteiger partial charge in [-0.1, -0.05) is 30.7 Å². The van der Waals surface area contributed by atoms with Gasteiger partial charge in [0.25, 0.3) is 0 Å². The van der Waals surface area contributed by atoms with E-state index in [0.717, 1.165) is 24.5 Å². The van der Waals surface area contributed by atoms with Crippen molar-refractivity contribution < 1.29 is 4.74 Å². The second-order valence-electron chi connectivity index (χ2n) is 3.33. The van der Waals surface area contributed by atoms with Crippen LogP contribution in [0.25, 0.3) is 0 Å². The molecule has 0 saturated heterocycles. The van der Waals surface area contributed by atoms with Gasteiger partial charge >= 0.3 is 0 Å². The minimum Gasteiger partial charge on any atom is -0.373 e. The average Bonchev–Trinajstić information content (AvgIpc) is 2.17. The van der Waals surface area contributed by atoms with Crippen molar-refractivity contribution in [3.05, 3.63) is 34.3 Å². The fraction of sp³-hybridized carbons (Fsp3) is 0.455. The van der Waals surface area contributed by atoms with Crippen LogP contribution in [0, 0.1) is 0 Å². The Labute approximate surface area is 83.7 Å². The molecule has 0 N–H and O–H groups in total. The van der Waals surface area contributed by atoms with Crippen LogP contribution in [0.15, 0.2) is 18.2 Å². The molecule has 70 valence electrons. The fourth-order valence-corrected chi connectivity index (χ4v) is 2.19. The molecule has 1 aliphatic heterocycles. The van der Waals surface area contributed by atoms with Crippen LogP contribution >= 0.6 is 11.6 Å². The largest absolute Gasteiger partial charge is 0.373 e. The Balaban J connectivity index is 2.47. The third-order valence-electron chi connectivity index (χ3n) is 2.53. The summed E-state index contributed by atoms with van der Waals surface area (Å²) in [5.74, 6) is 0. The molecule has 0 fully saturated rings. The smallest absolute Gasteiger partial charge is 0.0839 e. The second-order valence-corrected chi connectivity index (χ2v) is 3.74. The van der Waals surface area contributed by atoms with E-state index >= 15 is 0 Å². The SMILES string of the molecule is CC[C@H]1OCCc2cccc(Cl)c21. The zero-order valence-electron chi connectivity index (χ0n) is 7.72. The Morgan fingerprint density at radius 3 is 3.15 bits per heavy atom. The molecule has 0 spiro atoms. The number of hydrogen-bond donors (Lipinski definition) is 0. The lowest BCUT2D eigenvalue weighted by Gasteiger charge is -2.25. The van der Waals surface area contributed by atoms with E-state index in [1.807, 2.05) is 12.1 Å². The molecular formula is C11H13ClO. The number of rotatable bonds is 1. The number of benzene rings is 1. The minimum absolute atomic E-state index is 0.206. The molecule has 0 aliphatic carbocycles.